The fraction of sp³-hybridized carbons (Fsp3) is 0.500. The number of carbonyl (C=O) groups excluding carboxylic acids is 1. The van der Waals surface area contributed by atoms with Crippen molar-refractivity contribution in [1.82, 2.24) is 5.32 Å². The van der Waals surface area contributed by atoms with Crippen LogP contribution in [0.2, 0.25) is 0 Å². The summed E-state index contributed by atoms with van der Waals surface area (Å²) in [4.78, 5) is 11.8. The third-order valence-corrected chi connectivity index (χ3v) is 2.87. The van der Waals surface area contributed by atoms with E-state index in [-0.39, 0.29) is 25.0 Å². The van der Waals surface area contributed by atoms with Gasteiger partial charge in [-0.1, -0.05) is 24.6 Å². The van der Waals surface area contributed by atoms with E-state index in [4.69, 9.17) is 9.84 Å². The van der Waals surface area contributed by atoms with Crippen LogP contribution in [-0.2, 0) is 11.2 Å². The van der Waals surface area contributed by atoms with Crippen molar-refractivity contribution in [3.8, 4) is 5.75 Å². The van der Waals surface area contributed by atoms with Gasteiger partial charge in [0, 0.05) is 5.56 Å². The Morgan fingerprint density at radius 1 is 1.50 bits per heavy atom. The smallest absolute Gasteiger partial charge is 0.224 e. The monoisotopic (exact) mass is 251 g/mol. The van der Waals surface area contributed by atoms with Crippen LogP contribution >= 0.6 is 0 Å². The molecule has 1 amide bonds. The number of amides is 1. The Hall–Kier alpha value is -1.55. The van der Waals surface area contributed by atoms with Gasteiger partial charge in [-0.25, -0.2) is 0 Å². The quantitative estimate of drug-likeness (QED) is 0.804. The van der Waals surface area contributed by atoms with E-state index in [1.54, 1.807) is 7.11 Å². The molecule has 0 aliphatic rings. The first-order valence-corrected chi connectivity index (χ1v) is 6.14. The maximum atomic E-state index is 11.8. The molecule has 1 aromatic carbocycles. The van der Waals surface area contributed by atoms with Gasteiger partial charge in [0.2, 0.25) is 5.91 Å². The van der Waals surface area contributed by atoms with Crippen molar-refractivity contribution in [2.75, 3.05) is 13.7 Å². The Morgan fingerprint density at radius 2 is 2.22 bits per heavy atom. The first-order chi connectivity index (χ1) is 8.60. The highest BCUT2D eigenvalue weighted by atomic mass is 16.5. The topological polar surface area (TPSA) is 58.6 Å². The Labute approximate surface area is 108 Å². The first kappa shape index (κ1) is 14.5. The summed E-state index contributed by atoms with van der Waals surface area (Å²) in [6.07, 6.45) is 0.981. The molecule has 1 aromatic rings. The summed E-state index contributed by atoms with van der Waals surface area (Å²) < 4.78 is 5.23. The summed E-state index contributed by atoms with van der Waals surface area (Å²) in [5, 5.41) is 11.8. The zero-order chi connectivity index (χ0) is 13.5. The number of methoxy groups -OCH3 is 1. The number of hydrogen-bond acceptors (Lipinski definition) is 3. The van der Waals surface area contributed by atoms with Crippen molar-refractivity contribution in [3.05, 3.63) is 29.3 Å². The minimum atomic E-state index is -0.173. The molecule has 0 aromatic heterocycles. The number of benzene rings is 1. The fourth-order valence-corrected chi connectivity index (χ4v) is 1.77. The third-order valence-electron chi connectivity index (χ3n) is 2.87. The number of hydrogen-bond donors (Lipinski definition) is 2. The molecule has 0 spiro atoms. The van der Waals surface area contributed by atoms with Crippen LogP contribution in [0.15, 0.2) is 18.2 Å². The van der Waals surface area contributed by atoms with Crippen LogP contribution in [0.25, 0.3) is 0 Å². The molecule has 0 heterocycles. The van der Waals surface area contributed by atoms with Crippen LogP contribution in [0.4, 0.5) is 0 Å². The lowest BCUT2D eigenvalue weighted by Crippen LogP contribution is -2.37. The lowest BCUT2D eigenvalue weighted by molar-refractivity contribution is -0.121. The highest BCUT2D eigenvalue weighted by Gasteiger charge is 2.12. The van der Waals surface area contributed by atoms with Gasteiger partial charge in [0.15, 0.2) is 0 Å². The van der Waals surface area contributed by atoms with Gasteiger partial charge in [0.1, 0.15) is 5.75 Å². The van der Waals surface area contributed by atoms with E-state index < -0.39 is 0 Å². The van der Waals surface area contributed by atoms with Gasteiger partial charge in [-0.2, -0.15) is 0 Å². The van der Waals surface area contributed by atoms with Crippen molar-refractivity contribution in [1.29, 1.82) is 0 Å². The number of aliphatic hydroxyl groups is 1. The molecule has 1 rings (SSSR count). The lowest BCUT2D eigenvalue weighted by atomic mass is 10.1. The summed E-state index contributed by atoms with van der Waals surface area (Å²) in [7, 11) is 1.59. The van der Waals surface area contributed by atoms with E-state index in [0.29, 0.717) is 12.2 Å². The van der Waals surface area contributed by atoms with E-state index in [0.717, 1.165) is 11.1 Å². The molecule has 0 saturated carbocycles. The molecule has 1 atom stereocenters. The molecule has 100 valence electrons. The second kappa shape index (κ2) is 7.01. The Bertz CT molecular complexity index is 400. The summed E-state index contributed by atoms with van der Waals surface area (Å²) in [6, 6.07) is 5.58. The third kappa shape index (κ3) is 4.04. The van der Waals surface area contributed by atoms with Gasteiger partial charge in [0.25, 0.3) is 0 Å². The summed E-state index contributed by atoms with van der Waals surface area (Å²) >= 11 is 0. The van der Waals surface area contributed by atoms with Gasteiger partial charge in [-0.05, 0) is 19.4 Å². The molecule has 0 aliphatic carbocycles. The standard InChI is InChI=1S/C14H21NO3/c1-4-12(9-16)15-14(17)8-11-7-10(2)5-6-13(11)18-3/h5-7,12,16H,4,8-9H2,1-3H3,(H,15,17)/t12-/m0/s1. The normalized spacial score (nSPS) is 12.0. The number of ether oxygens (including phenoxy) is 1. The van der Waals surface area contributed by atoms with E-state index >= 15 is 0 Å². The van der Waals surface area contributed by atoms with E-state index in [1.807, 2.05) is 32.0 Å². The molecule has 2 N–H and O–H groups in total. The molecule has 0 unspecified atom stereocenters. The molecule has 4 nitrogen and oxygen atoms in total. The second-order valence-electron chi connectivity index (χ2n) is 4.35. The minimum absolute atomic E-state index is 0.0345. The number of carbonyl (C=O) groups is 1. The molecule has 0 aliphatic heterocycles. The van der Waals surface area contributed by atoms with Crippen molar-refractivity contribution in [3.63, 3.8) is 0 Å². The van der Waals surface area contributed by atoms with Crippen LogP contribution < -0.4 is 10.1 Å². The van der Waals surface area contributed by atoms with Crippen molar-refractivity contribution >= 4 is 5.91 Å². The molecular formula is C14H21NO3. The number of aryl methyl sites for hydroxylation is 1. The van der Waals surface area contributed by atoms with E-state index in [2.05, 4.69) is 5.32 Å². The predicted molar refractivity (Wildman–Crippen MR) is 70.7 cm³/mol. The Kier molecular flexibility index (Phi) is 5.65. The molecular weight excluding hydrogens is 230 g/mol. The van der Waals surface area contributed by atoms with Crippen molar-refractivity contribution < 1.29 is 14.6 Å². The van der Waals surface area contributed by atoms with Crippen molar-refractivity contribution in [2.24, 2.45) is 0 Å². The predicted octanol–water partition coefficient (Wildman–Crippen LogP) is 1.43. The molecule has 0 bridgehead atoms. The summed E-state index contributed by atoms with van der Waals surface area (Å²) in [5.74, 6) is 0.618. The first-order valence-electron chi connectivity index (χ1n) is 6.14. The second-order valence-corrected chi connectivity index (χ2v) is 4.35. The zero-order valence-corrected chi connectivity index (χ0v) is 11.2. The Morgan fingerprint density at radius 3 is 2.78 bits per heavy atom. The van der Waals surface area contributed by atoms with Crippen LogP contribution in [0.5, 0.6) is 5.75 Å². The highest BCUT2D eigenvalue weighted by molar-refractivity contribution is 5.79. The highest BCUT2D eigenvalue weighted by Crippen LogP contribution is 2.20. The average Bonchev–Trinajstić information content (AvgIpc) is 2.36. The molecule has 0 saturated heterocycles. The van der Waals surface area contributed by atoms with Crippen LogP contribution in [0, 0.1) is 6.92 Å². The molecule has 0 fully saturated rings. The van der Waals surface area contributed by atoms with Gasteiger partial charge in [0.05, 0.1) is 26.2 Å². The Balaban J connectivity index is 2.71. The van der Waals surface area contributed by atoms with E-state index in [9.17, 15) is 4.79 Å². The molecule has 4 heteroatoms. The van der Waals surface area contributed by atoms with E-state index in [1.165, 1.54) is 0 Å². The summed E-state index contributed by atoms with van der Waals surface area (Å²) in [5.41, 5.74) is 1.95. The molecule has 0 radical (unpaired) electrons. The average molecular weight is 251 g/mol. The number of nitrogens with one attached hydrogen (secondary N) is 1. The zero-order valence-electron chi connectivity index (χ0n) is 11.2. The van der Waals surface area contributed by atoms with Crippen LogP contribution in [0.1, 0.15) is 24.5 Å². The van der Waals surface area contributed by atoms with Crippen LogP contribution in [-0.4, -0.2) is 30.8 Å². The minimum Gasteiger partial charge on any atom is -0.496 e. The maximum Gasteiger partial charge on any atom is 0.224 e. The maximum absolute atomic E-state index is 11.8. The van der Waals surface area contributed by atoms with Crippen LogP contribution in [0.3, 0.4) is 0 Å². The largest absolute Gasteiger partial charge is 0.496 e. The summed E-state index contributed by atoms with van der Waals surface area (Å²) in [6.45, 7) is 3.87. The van der Waals surface area contributed by atoms with Gasteiger partial charge in [-0.15, -0.1) is 0 Å². The van der Waals surface area contributed by atoms with Gasteiger partial charge in [-0.3, -0.25) is 4.79 Å². The SMILES string of the molecule is CC[C@@H](CO)NC(=O)Cc1cc(C)ccc1OC. The van der Waals surface area contributed by atoms with Gasteiger partial charge >= 0.3 is 0 Å². The fourth-order valence-electron chi connectivity index (χ4n) is 1.77. The number of rotatable bonds is 6. The van der Waals surface area contributed by atoms with Crippen molar-refractivity contribution in [2.45, 2.75) is 32.7 Å². The number of aliphatic hydroxyl groups excluding tert-OH is 1. The lowest BCUT2D eigenvalue weighted by Gasteiger charge is -2.15. The van der Waals surface area contributed by atoms with Gasteiger partial charge < -0.3 is 15.2 Å². The molecule has 18 heavy (non-hydrogen) atoms.